The third kappa shape index (κ3) is 4.99. The Labute approximate surface area is 226 Å². The number of hydrogen-bond donors (Lipinski definition) is 2. The van der Waals surface area contributed by atoms with E-state index in [1.807, 2.05) is 12.1 Å². The van der Waals surface area contributed by atoms with Crippen molar-refractivity contribution in [3.05, 3.63) is 78.7 Å². The number of H-pyrrole nitrogens is 2. The zero-order valence-electron chi connectivity index (χ0n) is 20.2. The number of aromatic amines is 2. The van der Waals surface area contributed by atoms with E-state index >= 15 is 0 Å². The van der Waals surface area contributed by atoms with Gasteiger partial charge < -0.3 is 14.2 Å². The fraction of sp³-hybridized carbons (Fsp3) is 0.346. The second-order valence-electron chi connectivity index (χ2n) is 9.50. The summed E-state index contributed by atoms with van der Waals surface area (Å²) in [5.41, 5.74) is 2.42. The molecule has 12 heteroatoms. The summed E-state index contributed by atoms with van der Waals surface area (Å²) in [6.07, 6.45) is 5.64. The molecule has 1 aliphatic carbocycles. The SMILES string of the molecule is O=c1[nH]nc(-c2ccc(N3CCC(OCc4c(-c5c(Cl)cccc5Cl)noc4C4CC4)CC3)cn2)c(=O)[nH]1. The van der Waals surface area contributed by atoms with Crippen molar-refractivity contribution < 1.29 is 9.26 Å². The minimum absolute atomic E-state index is 0.0695. The van der Waals surface area contributed by atoms with Crippen LogP contribution in [0.4, 0.5) is 5.69 Å². The zero-order chi connectivity index (χ0) is 26.2. The molecule has 2 fully saturated rings. The molecule has 2 N–H and O–H groups in total. The van der Waals surface area contributed by atoms with Crippen LogP contribution in [-0.2, 0) is 11.3 Å². The molecule has 1 saturated heterocycles. The van der Waals surface area contributed by atoms with Gasteiger partial charge in [0.05, 0.1) is 40.3 Å². The van der Waals surface area contributed by atoms with Gasteiger partial charge in [0, 0.05) is 30.1 Å². The maximum absolute atomic E-state index is 12.0. The lowest BCUT2D eigenvalue weighted by Gasteiger charge is -2.33. The van der Waals surface area contributed by atoms with Gasteiger partial charge in [-0.25, -0.2) is 9.89 Å². The number of aromatic nitrogens is 5. The van der Waals surface area contributed by atoms with E-state index in [-0.39, 0.29) is 11.8 Å². The van der Waals surface area contributed by atoms with Gasteiger partial charge in [0.2, 0.25) is 0 Å². The van der Waals surface area contributed by atoms with E-state index in [9.17, 15) is 9.59 Å². The van der Waals surface area contributed by atoms with Crippen molar-refractivity contribution in [2.45, 2.75) is 44.3 Å². The Hall–Kier alpha value is -3.47. The summed E-state index contributed by atoms with van der Waals surface area (Å²) in [5, 5.41) is 11.4. The number of benzene rings is 1. The molecule has 0 atom stereocenters. The Balaban J connectivity index is 1.11. The summed E-state index contributed by atoms with van der Waals surface area (Å²) in [6, 6.07) is 9.02. The minimum Gasteiger partial charge on any atom is -0.373 e. The van der Waals surface area contributed by atoms with Crippen LogP contribution in [0.3, 0.4) is 0 Å². The zero-order valence-corrected chi connectivity index (χ0v) is 21.8. The Kier molecular flexibility index (Phi) is 6.77. The number of pyridine rings is 1. The highest BCUT2D eigenvalue weighted by Gasteiger charge is 2.34. The predicted molar refractivity (Wildman–Crippen MR) is 143 cm³/mol. The van der Waals surface area contributed by atoms with E-state index in [4.69, 9.17) is 32.5 Å². The van der Waals surface area contributed by atoms with Crippen LogP contribution in [0.1, 0.15) is 42.9 Å². The number of rotatable bonds is 7. The molecule has 0 amide bonds. The van der Waals surface area contributed by atoms with Gasteiger partial charge in [-0.1, -0.05) is 34.4 Å². The van der Waals surface area contributed by atoms with Crippen LogP contribution in [-0.4, -0.2) is 44.5 Å². The van der Waals surface area contributed by atoms with E-state index in [1.54, 1.807) is 24.4 Å². The number of piperidine rings is 1. The molecule has 4 aromatic rings. The molecule has 0 radical (unpaired) electrons. The van der Waals surface area contributed by atoms with Gasteiger partial charge in [0.1, 0.15) is 11.5 Å². The van der Waals surface area contributed by atoms with Crippen molar-refractivity contribution >= 4 is 28.9 Å². The number of halogens is 2. The van der Waals surface area contributed by atoms with Gasteiger partial charge in [0.15, 0.2) is 5.69 Å². The van der Waals surface area contributed by atoms with Gasteiger partial charge in [0.25, 0.3) is 5.56 Å². The Morgan fingerprint density at radius 2 is 1.79 bits per heavy atom. The van der Waals surface area contributed by atoms with Crippen molar-refractivity contribution in [3.8, 4) is 22.6 Å². The van der Waals surface area contributed by atoms with E-state index in [2.05, 4.69) is 30.2 Å². The number of nitrogens with one attached hydrogen (secondary N) is 2. The van der Waals surface area contributed by atoms with Crippen molar-refractivity contribution in [1.82, 2.24) is 25.3 Å². The maximum Gasteiger partial charge on any atom is 0.342 e. The van der Waals surface area contributed by atoms with Gasteiger partial charge in [-0.3, -0.25) is 14.8 Å². The lowest BCUT2D eigenvalue weighted by Crippen LogP contribution is -2.37. The van der Waals surface area contributed by atoms with Gasteiger partial charge >= 0.3 is 5.69 Å². The van der Waals surface area contributed by atoms with Crippen LogP contribution in [0.2, 0.25) is 10.0 Å². The maximum atomic E-state index is 12.0. The number of ether oxygens (including phenoxy) is 1. The highest BCUT2D eigenvalue weighted by atomic mass is 35.5. The third-order valence-electron chi connectivity index (χ3n) is 6.94. The standard InChI is InChI=1S/C26H24Cl2N6O4/c27-18-2-1-3-19(28)21(18)22-17(24(38-33-22)14-4-5-14)13-37-16-8-10-34(11-9-16)15-6-7-20(29-12-15)23-25(35)30-26(36)32-31-23/h1-3,6-7,12,14,16H,4-5,8-11,13H2,(H2,30,32,35,36). The molecule has 0 unspecified atom stereocenters. The van der Waals surface area contributed by atoms with Crippen molar-refractivity contribution in [2.75, 3.05) is 18.0 Å². The number of nitrogens with zero attached hydrogens (tertiary/aromatic N) is 4. The minimum atomic E-state index is -0.655. The van der Waals surface area contributed by atoms with Crippen LogP contribution < -0.4 is 16.1 Å². The number of hydrogen-bond acceptors (Lipinski definition) is 8. The van der Waals surface area contributed by atoms with Crippen LogP contribution in [0.25, 0.3) is 22.6 Å². The molecule has 3 aromatic heterocycles. The molecule has 4 heterocycles. The molecule has 6 rings (SSSR count). The molecule has 10 nitrogen and oxygen atoms in total. The largest absolute Gasteiger partial charge is 0.373 e. The monoisotopic (exact) mass is 554 g/mol. The van der Waals surface area contributed by atoms with Gasteiger partial charge in [-0.05, 0) is 49.9 Å². The Morgan fingerprint density at radius 3 is 2.45 bits per heavy atom. The quantitative estimate of drug-likeness (QED) is 0.340. The molecule has 196 valence electrons. The lowest BCUT2D eigenvalue weighted by atomic mass is 10.0. The smallest absolute Gasteiger partial charge is 0.342 e. The van der Waals surface area contributed by atoms with E-state index in [0.29, 0.717) is 39.5 Å². The summed E-state index contributed by atoms with van der Waals surface area (Å²) >= 11 is 12.9. The molecule has 1 saturated carbocycles. The lowest BCUT2D eigenvalue weighted by molar-refractivity contribution is 0.0246. The highest BCUT2D eigenvalue weighted by molar-refractivity contribution is 6.39. The molecule has 1 aromatic carbocycles. The molecule has 38 heavy (non-hydrogen) atoms. The van der Waals surface area contributed by atoms with E-state index in [0.717, 1.165) is 55.8 Å². The fourth-order valence-corrected chi connectivity index (χ4v) is 5.34. The topological polar surface area (TPSA) is 130 Å². The average Bonchev–Trinajstić information content (AvgIpc) is 3.68. The molecule has 0 bridgehead atoms. The van der Waals surface area contributed by atoms with Crippen molar-refractivity contribution in [2.24, 2.45) is 0 Å². The fourth-order valence-electron chi connectivity index (χ4n) is 4.76. The first-order valence-electron chi connectivity index (χ1n) is 12.4. The molecule has 0 spiro atoms. The summed E-state index contributed by atoms with van der Waals surface area (Å²) < 4.78 is 12.1. The van der Waals surface area contributed by atoms with Crippen LogP contribution in [0.5, 0.6) is 0 Å². The summed E-state index contributed by atoms with van der Waals surface area (Å²) in [7, 11) is 0. The van der Waals surface area contributed by atoms with Crippen molar-refractivity contribution in [1.29, 1.82) is 0 Å². The summed E-state index contributed by atoms with van der Waals surface area (Å²) in [4.78, 5) is 31.9. The Bertz CT molecular complexity index is 1550. The summed E-state index contributed by atoms with van der Waals surface area (Å²) in [6.45, 7) is 1.98. The van der Waals surface area contributed by atoms with E-state index in [1.165, 1.54) is 0 Å². The first-order valence-corrected chi connectivity index (χ1v) is 13.2. The number of anilines is 1. The molecule has 1 aliphatic heterocycles. The van der Waals surface area contributed by atoms with Gasteiger partial charge in [-0.2, -0.15) is 5.10 Å². The normalized spacial score (nSPS) is 16.2. The van der Waals surface area contributed by atoms with Crippen molar-refractivity contribution in [3.63, 3.8) is 0 Å². The Morgan fingerprint density at radius 1 is 1.03 bits per heavy atom. The summed E-state index contributed by atoms with van der Waals surface area (Å²) in [5.74, 6) is 1.24. The second-order valence-corrected chi connectivity index (χ2v) is 10.3. The first kappa shape index (κ1) is 24.8. The molecular weight excluding hydrogens is 531 g/mol. The average molecular weight is 555 g/mol. The highest BCUT2D eigenvalue weighted by Crippen LogP contribution is 2.46. The molecule has 2 aliphatic rings. The first-order chi connectivity index (χ1) is 18.5. The van der Waals surface area contributed by atoms with Crippen LogP contribution in [0, 0.1) is 0 Å². The predicted octanol–water partition coefficient (Wildman–Crippen LogP) is 4.55. The van der Waals surface area contributed by atoms with Crippen LogP contribution >= 0.6 is 23.2 Å². The molecular formula is C26H24Cl2N6O4. The second kappa shape index (κ2) is 10.4. The van der Waals surface area contributed by atoms with Gasteiger partial charge in [-0.15, -0.1) is 0 Å². The van der Waals surface area contributed by atoms with E-state index < -0.39 is 11.2 Å². The third-order valence-corrected chi connectivity index (χ3v) is 7.57. The van der Waals surface area contributed by atoms with Crippen LogP contribution in [0.15, 0.2) is 50.6 Å².